The molecule has 1 N–H and O–H groups in total. The lowest BCUT2D eigenvalue weighted by Crippen LogP contribution is -2.26. The Hall–Kier alpha value is -3.15. The highest BCUT2D eigenvalue weighted by molar-refractivity contribution is 5.94. The van der Waals surface area contributed by atoms with Crippen LogP contribution in [0.1, 0.15) is 29.2 Å². The van der Waals surface area contributed by atoms with E-state index in [9.17, 15) is 4.79 Å². The van der Waals surface area contributed by atoms with Gasteiger partial charge in [-0.2, -0.15) is 4.98 Å². The zero-order chi connectivity index (χ0) is 17.8. The number of benzene rings is 2. The second-order valence-corrected chi connectivity index (χ2v) is 5.96. The largest absolute Gasteiger partial charge is 0.378 e. The molecule has 0 radical (unpaired) electrons. The van der Waals surface area contributed by atoms with Gasteiger partial charge >= 0.3 is 0 Å². The van der Waals surface area contributed by atoms with Crippen molar-refractivity contribution in [2.24, 2.45) is 0 Å². The van der Waals surface area contributed by atoms with Gasteiger partial charge in [0.1, 0.15) is 6.04 Å². The van der Waals surface area contributed by atoms with Gasteiger partial charge in [-0.1, -0.05) is 23.4 Å². The number of hydrogen-bond acceptors (Lipinski definition) is 5. The molecule has 0 bridgehead atoms. The van der Waals surface area contributed by atoms with Crippen LogP contribution in [-0.2, 0) is 0 Å². The van der Waals surface area contributed by atoms with Crippen molar-refractivity contribution in [1.29, 1.82) is 0 Å². The lowest BCUT2D eigenvalue weighted by molar-refractivity contribution is 0.0932. The van der Waals surface area contributed by atoms with Crippen molar-refractivity contribution in [1.82, 2.24) is 15.5 Å². The molecule has 0 fully saturated rings. The quantitative estimate of drug-likeness (QED) is 0.774. The second-order valence-electron chi connectivity index (χ2n) is 5.96. The highest BCUT2D eigenvalue weighted by Gasteiger charge is 2.18. The van der Waals surface area contributed by atoms with E-state index in [2.05, 4.69) is 15.5 Å². The smallest absolute Gasteiger partial charge is 0.251 e. The maximum absolute atomic E-state index is 12.2. The van der Waals surface area contributed by atoms with Gasteiger partial charge in [-0.3, -0.25) is 4.79 Å². The molecule has 2 aromatic carbocycles. The number of rotatable bonds is 5. The minimum atomic E-state index is -0.380. The standard InChI is InChI=1S/C19H20N4O2/c1-13(20-18(24)15-7-5-4-6-8-15)19-21-17(22-25-19)14-9-11-16(12-10-14)23(2)3/h4-13H,1-3H3,(H,20,24)/t13-/m0/s1. The van der Waals surface area contributed by atoms with Gasteiger partial charge in [0.15, 0.2) is 0 Å². The Kier molecular flexibility index (Phi) is 4.79. The summed E-state index contributed by atoms with van der Waals surface area (Å²) in [6.07, 6.45) is 0. The van der Waals surface area contributed by atoms with E-state index in [1.807, 2.05) is 68.4 Å². The summed E-state index contributed by atoms with van der Waals surface area (Å²) < 4.78 is 5.31. The van der Waals surface area contributed by atoms with Gasteiger partial charge in [0, 0.05) is 30.9 Å². The molecule has 128 valence electrons. The molecule has 0 aliphatic carbocycles. The fourth-order valence-electron chi connectivity index (χ4n) is 2.37. The van der Waals surface area contributed by atoms with Crippen LogP contribution < -0.4 is 10.2 Å². The van der Waals surface area contributed by atoms with Crippen LogP contribution in [0.25, 0.3) is 11.4 Å². The summed E-state index contributed by atoms with van der Waals surface area (Å²) in [5, 5.41) is 6.87. The van der Waals surface area contributed by atoms with E-state index in [-0.39, 0.29) is 11.9 Å². The first-order chi connectivity index (χ1) is 12.0. The molecule has 1 amide bonds. The summed E-state index contributed by atoms with van der Waals surface area (Å²) in [5.41, 5.74) is 2.55. The van der Waals surface area contributed by atoms with Crippen molar-refractivity contribution in [2.75, 3.05) is 19.0 Å². The van der Waals surface area contributed by atoms with Crippen LogP contribution in [-0.4, -0.2) is 30.1 Å². The van der Waals surface area contributed by atoms with Crippen LogP contribution in [0.3, 0.4) is 0 Å². The molecule has 1 heterocycles. The summed E-state index contributed by atoms with van der Waals surface area (Å²) in [4.78, 5) is 18.6. The highest BCUT2D eigenvalue weighted by atomic mass is 16.5. The molecule has 0 saturated carbocycles. The minimum absolute atomic E-state index is 0.178. The highest BCUT2D eigenvalue weighted by Crippen LogP contribution is 2.21. The molecule has 6 nitrogen and oxygen atoms in total. The number of carbonyl (C=O) groups is 1. The molecule has 0 unspecified atom stereocenters. The van der Waals surface area contributed by atoms with Crippen molar-refractivity contribution < 1.29 is 9.32 Å². The van der Waals surface area contributed by atoms with Crippen LogP contribution in [0.2, 0.25) is 0 Å². The number of amides is 1. The average Bonchev–Trinajstić information content (AvgIpc) is 3.13. The van der Waals surface area contributed by atoms with Gasteiger partial charge in [-0.25, -0.2) is 0 Å². The maximum Gasteiger partial charge on any atom is 0.251 e. The summed E-state index contributed by atoms with van der Waals surface area (Å²) in [6, 6.07) is 16.5. The van der Waals surface area contributed by atoms with Crippen molar-refractivity contribution in [3.05, 3.63) is 66.1 Å². The topological polar surface area (TPSA) is 71.3 Å². The first-order valence-electron chi connectivity index (χ1n) is 8.02. The number of aromatic nitrogens is 2. The van der Waals surface area contributed by atoms with Crippen LogP contribution in [0, 0.1) is 0 Å². The van der Waals surface area contributed by atoms with Gasteiger partial charge in [-0.05, 0) is 43.3 Å². The molecule has 3 rings (SSSR count). The van der Waals surface area contributed by atoms with Crippen LogP contribution in [0.4, 0.5) is 5.69 Å². The predicted octanol–water partition coefficient (Wildman–Crippen LogP) is 3.29. The van der Waals surface area contributed by atoms with Crippen molar-refractivity contribution >= 4 is 11.6 Å². The van der Waals surface area contributed by atoms with E-state index in [0.717, 1.165) is 11.3 Å². The number of hydrogen-bond donors (Lipinski definition) is 1. The van der Waals surface area contributed by atoms with E-state index in [1.165, 1.54) is 0 Å². The Morgan fingerprint density at radius 1 is 1.08 bits per heavy atom. The van der Waals surface area contributed by atoms with E-state index in [1.54, 1.807) is 12.1 Å². The molecule has 0 aliphatic heterocycles. The van der Waals surface area contributed by atoms with Crippen molar-refractivity contribution in [2.45, 2.75) is 13.0 Å². The third kappa shape index (κ3) is 3.85. The van der Waals surface area contributed by atoms with Crippen LogP contribution in [0.5, 0.6) is 0 Å². The third-order valence-electron chi connectivity index (χ3n) is 3.84. The molecule has 6 heteroatoms. The van der Waals surface area contributed by atoms with Gasteiger partial charge in [-0.15, -0.1) is 0 Å². The molecule has 0 saturated heterocycles. The molecule has 3 aromatic rings. The normalized spacial score (nSPS) is 11.8. The van der Waals surface area contributed by atoms with Crippen LogP contribution in [0.15, 0.2) is 59.1 Å². The van der Waals surface area contributed by atoms with Gasteiger partial charge in [0.2, 0.25) is 11.7 Å². The van der Waals surface area contributed by atoms with Crippen LogP contribution >= 0.6 is 0 Å². The fraction of sp³-hybridized carbons (Fsp3) is 0.211. The Balaban J connectivity index is 1.71. The third-order valence-corrected chi connectivity index (χ3v) is 3.84. The first kappa shape index (κ1) is 16.7. The maximum atomic E-state index is 12.2. The molecular formula is C19H20N4O2. The first-order valence-corrected chi connectivity index (χ1v) is 8.02. The summed E-state index contributed by atoms with van der Waals surface area (Å²) in [7, 11) is 3.97. The van der Waals surface area contributed by atoms with E-state index in [4.69, 9.17) is 4.52 Å². The summed E-state index contributed by atoms with van der Waals surface area (Å²) in [5.74, 6) is 0.695. The molecule has 25 heavy (non-hydrogen) atoms. The Morgan fingerprint density at radius 3 is 2.40 bits per heavy atom. The second kappa shape index (κ2) is 7.17. The zero-order valence-corrected chi connectivity index (χ0v) is 14.4. The minimum Gasteiger partial charge on any atom is -0.378 e. The van der Waals surface area contributed by atoms with E-state index < -0.39 is 0 Å². The number of nitrogens with zero attached hydrogens (tertiary/aromatic N) is 3. The summed E-state index contributed by atoms with van der Waals surface area (Å²) >= 11 is 0. The SMILES string of the molecule is C[C@H](NC(=O)c1ccccc1)c1nc(-c2ccc(N(C)C)cc2)no1. The van der Waals surface area contributed by atoms with Crippen molar-refractivity contribution in [3.63, 3.8) is 0 Å². The van der Waals surface area contributed by atoms with Gasteiger partial charge in [0.05, 0.1) is 0 Å². The monoisotopic (exact) mass is 336 g/mol. The lowest BCUT2D eigenvalue weighted by atomic mass is 10.2. The fourth-order valence-corrected chi connectivity index (χ4v) is 2.37. The van der Waals surface area contributed by atoms with E-state index >= 15 is 0 Å². The van der Waals surface area contributed by atoms with Gasteiger partial charge < -0.3 is 14.7 Å². The molecule has 0 spiro atoms. The molecule has 0 aliphatic rings. The zero-order valence-electron chi connectivity index (χ0n) is 14.4. The Bertz CT molecular complexity index is 841. The molecule has 1 aromatic heterocycles. The van der Waals surface area contributed by atoms with Gasteiger partial charge in [0.25, 0.3) is 5.91 Å². The molecule has 1 atom stereocenters. The van der Waals surface area contributed by atoms with E-state index in [0.29, 0.717) is 17.3 Å². The number of carbonyl (C=O) groups excluding carboxylic acids is 1. The average molecular weight is 336 g/mol. The Morgan fingerprint density at radius 2 is 1.76 bits per heavy atom. The predicted molar refractivity (Wildman–Crippen MR) is 96.4 cm³/mol. The lowest BCUT2D eigenvalue weighted by Gasteiger charge is -2.11. The summed E-state index contributed by atoms with van der Waals surface area (Å²) in [6.45, 7) is 1.81. The Labute approximate surface area is 146 Å². The molecular weight excluding hydrogens is 316 g/mol. The number of nitrogens with one attached hydrogen (secondary N) is 1. The number of anilines is 1. The van der Waals surface area contributed by atoms with Crippen molar-refractivity contribution in [3.8, 4) is 11.4 Å².